The molecule has 0 atom stereocenters. The Morgan fingerprint density at radius 1 is 1.21 bits per heavy atom. The number of hydrogen-bond acceptors (Lipinski definition) is 5. The van der Waals surface area contributed by atoms with Gasteiger partial charge in [0, 0.05) is 7.05 Å². The minimum absolute atomic E-state index is 0.0731. The summed E-state index contributed by atoms with van der Waals surface area (Å²) in [5.74, 6) is -2.14. The zero-order chi connectivity index (χ0) is 20.4. The van der Waals surface area contributed by atoms with Gasteiger partial charge >= 0.3 is 5.76 Å². The van der Waals surface area contributed by atoms with Crippen LogP contribution in [0.5, 0.6) is 0 Å². The van der Waals surface area contributed by atoms with Crippen molar-refractivity contribution in [2.45, 2.75) is 20.8 Å². The van der Waals surface area contributed by atoms with Gasteiger partial charge < -0.3 is 14.3 Å². The summed E-state index contributed by atoms with van der Waals surface area (Å²) in [6, 6.07) is 6.08. The van der Waals surface area contributed by atoms with E-state index >= 15 is 4.39 Å². The Hall–Kier alpha value is -3.49. The number of nitrogens with one attached hydrogen (secondary N) is 2. The molecule has 2 aromatic carbocycles. The first-order chi connectivity index (χ1) is 13.4. The number of fused-ring (bicyclic) bond motifs is 1. The number of nitrogens with zero attached hydrogens (tertiary/aromatic N) is 3. The Kier molecular flexibility index (Phi) is 5.25. The summed E-state index contributed by atoms with van der Waals surface area (Å²) in [4.78, 5) is 15.3. The first-order valence-electron chi connectivity index (χ1n) is 8.66. The fraction of sp³-hybridized carbons (Fsp3) is 0.211. The van der Waals surface area contributed by atoms with Gasteiger partial charge in [0.2, 0.25) is 0 Å². The van der Waals surface area contributed by atoms with E-state index in [4.69, 9.17) is 4.42 Å². The van der Waals surface area contributed by atoms with Crippen molar-refractivity contribution >= 4 is 22.4 Å². The van der Waals surface area contributed by atoms with Gasteiger partial charge in [-0.2, -0.15) is 0 Å². The zero-order valence-corrected chi connectivity index (χ0v) is 15.8. The van der Waals surface area contributed by atoms with Crippen molar-refractivity contribution in [2.75, 3.05) is 5.32 Å². The summed E-state index contributed by atoms with van der Waals surface area (Å²) in [7, 11) is 1.70. The van der Waals surface area contributed by atoms with E-state index in [1.54, 1.807) is 30.7 Å². The second-order valence-electron chi connectivity index (χ2n) is 5.86. The third-order valence-electron chi connectivity index (χ3n) is 4.01. The molecule has 2 heterocycles. The van der Waals surface area contributed by atoms with Crippen molar-refractivity contribution in [1.82, 2.24) is 19.7 Å². The standard InChI is InChI=1S/C17H13F2N5O2.C2H6/c1-8-3-4-11(10(18)5-8)21-14-9(16-22-23-17(25)26-16)6-12-15(13(14)19)20-7-24(12)2;1-2/h3-7,21H,1-2H3,(H,23,25);1-2H3. The van der Waals surface area contributed by atoms with Crippen LogP contribution in [-0.4, -0.2) is 19.7 Å². The lowest BCUT2D eigenvalue weighted by atomic mass is 10.1. The molecule has 0 aliphatic carbocycles. The Morgan fingerprint density at radius 3 is 2.61 bits per heavy atom. The van der Waals surface area contributed by atoms with Crippen LogP contribution in [0, 0.1) is 18.6 Å². The number of halogens is 2. The largest absolute Gasteiger partial charge is 0.434 e. The molecule has 4 rings (SSSR count). The second-order valence-corrected chi connectivity index (χ2v) is 5.86. The molecule has 0 spiro atoms. The minimum Gasteiger partial charge on any atom is -0.388 e. The summed E-state index contributed by atoms with van der Waals surface area (Å²) in [6.07, 6.45) is 1.45. The summed E-state index contributed by atoms with van der Waals surface area (Å²) >= 11 is 0. The Morgan fingerprint density at radius 2 is 1.96 bits per heavy atom. The number of anilines is 2. The molecule has 0 aliphatic rings. The lowest BCUT2D eigenvalue weighted by Crippen LogP contribution is -2.01. The maximum atomic E-state index is 15.1. The number of hydrogen-bond donors (Lipinski definition) is 2. The van der Waals surface area contributed by atoms with Crippen molar-refractivity contribution in [2.24, 2.45) is 7.05 Å². The van der Waals surface area contributed by atoms with E-state index in [1.165, 1.54) is 18.5 Å². The zero-order valence-electron chi connectivity index (χ0n) is 15.8. The van der Waals surface area contributed by atoms with E-state index in [1.807, 2.05) is 13.8 Å². The molecular weight excluding hydrogens is 368 g/mol. The fourth-order valence-corrected chi connectivity index (χ4v) is 2.72. The van der Waals surface area contributed by atoms with Crippen LogP contribution >= 0.6 is 0 Å². The van der Waals surface area contributed by atoms with Gasteiger partial charge in [0.1, 0.15) is 11.3 Å². The molecule has 0 fully saturated rings. The van der Waals surface area contributed by atoms with Crippen LogP contribution in [0.25, 0.3) is 22.5 Å². The van der Waals surface area contributed by atoms with Gasteiger partial charge in [-0.05, 0) is 30.7 Å². The van der Waals surface area contributed by atoms with Gasteiger partial charge in [0.25, 0.3) is 5.89 Å². The molecule has 9 heteroatoms. The lowest BCUT2D eigenvalue weighted by molar-refractivity contribution is 0.526. The highest BCUT2D eigenvalue weighted by Gasteiger charge is 2.22. The van der Waals surface area contributed by atoms with Crippen LogP contribution in [-0.2, 0) is 7.05 Å². The van der Waals surface area contributed by atoms with Crippen molar-refractivity contribution in [3.63, 3.8) is 0 Å². The van der Waals surface area contributed by atoms with E-state index in [0.717, 1.165) is 5.56 Å². The monoisotopic (exact) mass is 387 g/mol. The lowest BCUT2D eigenvalue weighted by Gasteiger charge is -2.13. The molecule has 0 radical (unpaired) electrons. The first kappa shape index (κ1) is 19.3. The molecule has 146 valence electrons. The van der Waals surface area contributed by atoms with Crippen molar-refractivity contribution in [3.05, 3.63) is 58.3 Å². The molecule has 2 N–H and O–H groups in total. The van der Waals surface area contributed by atoms with Crippen LogP contribution < -0.4 is 11.1 Å². The van der Waals surface area contributed by atoms with E-state index < -0.39 is 17.4 Å². The van der Waals surface area contributed by atoms with E-state index in [-0.39, 0.29) is 28.3 Å². The molecular formula is C19H19F2N5O2. The number of aromatic amines is 1. The van der Waals surface area contributed by atoms with Gasteiger partial charge in [-0.3, -0.25) is 0 Å². The van der Waals surface area contributed by atoms with Crippen LogP contribution in [0.3, 0.4) is 0 Å². The van der Waals surface area contributed by atoms with Gasteiger partial charge in [0.15, 0.2) is 5.82 Å². The van der Waals surface area contributed by atoms with Crippen molar-refractivity contribution in [1.29, 1.82) is 0 Å². The quantitative estimate of drug-likeness (QED) is 0.548. The summed E-state index contributed by atoms with van der Waals surface area (Å²) < 4.78 is 35.9. The predicted molar refractivity (Wildman–Crippen MR) is 103 cm³/mol. The third kappa shape index (κ3) is 3.38. The normalized spacial score (nSPS) is 10.6. The predicted octanol–water partition coefficient (Wildman–Crippen LogP) is 4.27. The molecule has 0 unspecified atom stereocenters. The molecule has 0 bridgehead atoms. The summed E-state index contributed by atoms with van der Waals surface area (Å²) in [5, 5.41) is 8.62. The van der Waals surface area contributed by atoms with Gasteiger partial charge in [-0.1, -0.05) is 19.9 Å². The number of benzene rings is 2. The van der Waals surface area contributed by atoms with Gasteiger partial charge in [-0.15, -0.1) is 5.10 Å². The third-order valence-corrected chi connectivity index (χ3v) is 4.01. The second kappa shape index (κ2) is 7.63. The van der Waals surface area contributed by atoms with Gasteiger partial charge in [0.05, 0.1) is 28.8 Å². The molecule has 4 aromatic rings. The van der Waals surface area contributed by atoms with Crippen LogP contribution in [0.1, 0.15) is 19.4 Å². The number of aromatic nitrogens is 4. The minimum atomic E-state index is -0.780. The molecule has 0 amide bonds. The SMILES string of the molecule is CC.Cc1ccc(Nc2c(-c3n[nH]c(=O)o3)cc3c(ncn3C)c2F)c(F)c1. The average Bonchev–Trinajstić information content (AvgIpc) is 3.27. The summed E-state index contributed by atoms with van der Waals surface area (Å²) in [6.45, 7) is 5.75. The molecule has 0 saturated carbocycles. The van der Waals surface area contributed by atoms with Crippen LogP contribution in [0.2, 0.25) is 0 Å². The highest BCUT2D eigenvalue weighted by atomic mass is 19.1. The summed E-state index contributed by atoms with van der Waals surface area (Å²) in [5.41, 5.74) is 1.45. The van der Waals surface area contributed by atoms with Crippen LogP contribution in [0.15, 0.2) is 39.8 Å². The number of imidazole rings is 1. The van der Waals surface area contributed by atoms with Gasteiger partial charge in [-0.25, -0.2) is 23.7 Å². The topological polar surface area (TPSA) is 88.7 Å². The molecule has 0 saturated heterocycles. The maximum Gasteiger partial charge on any atom is 0.434 e. The Labute approximate surface area is 159 Å². The first-order valence-corrected chi connectivity index (χ1v) is 8.66. The van der Waals surface area contributed by atoms with Crippen molar-refractivity contribution < 1.29 is 13.2 Å². The number of aryl methyl sites for hydroxylation is 2. The van der Waals surface area contributed by atoms with Crippen molar-refractivity contribution in [3.8, 4) is 11.5 Å². The maximum absolute atomic E-state index is 15.1. The Bertz CT molecular complexity index is 1190. The van der Waals surface area contributed by atoms with Crippen LogP contribution in [0.4, 0.5) is 20.2 Å². The molecule has 28 heavy (non-hydrogen) atoms. The average molecular weight is 387 g/mol. The molecule has 7 nitrogen and oxygen atoms in total. The van der Waals surface area contributed by atoms with E-state index in [9.17, 15) is 9.18 Å². The van der Waals surface area contributed by atoms with E-state index in [2.05, 4.69) is 20.5 Å². The smallest absolute Gasteiger partial charge is 0.388 e. The number of H-pyrrole nitrogens is 1. The van der Waals surface area contributed by atoms with E-state index in [0.29, 0.717) is 5.52 Å². The number of rotatable bonds is 3. The Balaban J connectivity index is 0.00000109. The highest BCUT2D eigenvalue weighted by Crippen LogP contribution is 2.36. The molecule has 0 aliphatic heterocycles. The highest BCUT2D eigenvalue weighted by molar-refractivity contribution is 5.91. The fourth-order valence-electron chi connectivity index (χ4n) is 2.72. The molecule has 2 aromatic heterocycles.